The van der Waals surface area contributed by atoms with Crippen LogP contribution in [0.4, 0.5) is 0 Å². The third kappa shape index (κ3) is 2.56. The van der Waals surface area contributed by atoms with Crippen molar-refractivity contribution in [1.82, 2.24) is 15.0 Å². The van der Waals surface area contributed by atoms with Crippen molar-refractivity contribution in [3.8, 4) is 0 Å². The van der Waals surface area contributed by atoms with Crippen LogP contribution < -0.4 is 0 Å². The first-order valence-corrected chi connectivity index (χ1v) is 4.91. The highest BCUT2D eigenvalue weighted by Crippen LogP contribution is 2.25. The van der Waals surface area contributed by atoms with Crippen LogP contribution in [-0.4, -0.2) is 51.4 Å². The van der Waals surface area contributed by atoms with Crippen LogP contribution >= 0.6 is 0 Å². The minimum absolute atomic E-state index is 0.259. The number of rotatable bonds is 5. The Kier molecular flexibility index (Phi) is 2.88. The third-order valence-corrected chi connectivity index (χ3v) is 2.43. The van der Waals surface area contributed by atoms with Gasteiger partial charge in [0, 0.05) is 13.1 Å². The molecule has 0 aliphatic carbocycles. The van der Waals surface area contributed by atoms with E-state index in [1.807, 2.05) is 6.92 Å². The molecule has 88 valence electrons. The van der Waals surface area contributed by atoms with Crippen molar-refractivity contribution in [2.75, 3.05) is 19.7 Å². The molecule has 2 heterocycles. The minimum Gasteiger partial charge on any atom is -0.480 e. The fourth-order valence-electron chi connectivity index (χ4n) is 1.80. The highest BCUT2D eigenvalue weighted by Gasteiger charge is 2.40. The maximum atomic E-state index is 10.4. The molecule has 1 aliphatic heterocycles. The molecule has 7 heteroatoms. The summed E-state index contributed by atoms with van der Waals surface area (Å²) in [6, 6.07) is 0. The van der Waals surface area contributed by atoms with Crippen LogP contribution in [0.3, 0.4) is 0 Å². The van der Waals surface area contributed by atoms with E-state index in [0.29, 0.717) is 25.5 Å². The second kappa shape index (κ2) is 4.18. The Labute approximate surface area is 92.0 Å². The Morgan fingerprint density at radius 1 is 1.75 bits per heavy atom. The number of ether oxygens (including phenoxy) is 1. The number of carboxylic acid groups (broad SMARTS) is 1. The summed E-state index contributed by atoms with van der Waals surface area (Å²) in [6.07, 6.45) is 1.36. The summed E-state index contributed by atoms with van der Waals surface area (Å²) >= 11 is 0. The van der Waals surface area contributed by atoms with Gasteiger partial charge in [-0.25, -0.2) is 4.79 Å². The lowest BCUT2D eigenvalue weighted by atomic mass is 9.96. The molecule has 0 unspecified atom stereocenters. The molecule has 0 radical (unpaired) electrons. The second-order valence-corrected chi connectivity index (χ2v) is 4.11. The van der Waals surface area contributed by atoms with Crippen LogP contribution in [0.1, 0.15) is 12.8 Å². The van der Waals surface area contributed by atoms with Gasteiger partial charge >= 0.3 is 5.97 Å². The van der Waals surface area contributed by atoms with Gasteiger partial charge in [0.05, 0.1) is 12.1 Å². The summed E-state index contributed by atoms with van der Waals surface area (Å²) in [5.74, 6) is -0.392. The molecule has 0 amide bonds. The number of nitrogens with zero attached hydrogens (tertiary/aromatic N) is 3. The Balaban J connectivity index is 1.74. The van der Waals surface area contributed by atoms with E-state index in [1.54, 1.807) is 0 Å². The molecule has 7 nitrogen and oxygen atoms in total. The van der Waals surface area contributed by atoms with E-state index in [2.05, 4.69) is 15.0 Å². The van der Waals surface area contributed by atoms with Crippen molar-refractivity contribution in [1.29, 1.82) is 0 Å². The highest BCUT2D eigenvalue weighted by atomic mass is 16.5. The number of aromatic nitrogens is 2. The molecule has 1 fully saturated rings. The molecule has 1 aliphatic rings. The highest BCUT2D eigenvalue weighted by molar-refractivity contribution is 5.68. The molecule has 16 heavy (non-hydrogen) atoms. The molecule has 0 spiro atoms. The van der Waals surface area contributed by atoms with E-state index in [4.69, 9.17) is 14.4 Å². The number of hydrogen-bond donors (Lipinski definition) is 1. The topological polar surface area (TPSA) is 88.7 Å². The average molecular weight is 227 g/mol. The van der Waals surface area contributed by atoms with E-state index in [0.717, 1.165) is 0 Å². The van der Waals surface area contributed by atoms with Gasteiger partial charge in [-0.15, -0.1) is 0 Å². The molecule has 0 aromatic carbocycles. The molecule has 1 aromatic rings. The van der Waals surface area contributed by atoms with Gasteiger partial charge in [-0.05, 0) is 6.92 Å². The second-order valence-electron chi connectivity index (χ2n) is 4.11. The molecular formula is C9H13N3O4. The van der Waals surface area contributed by atoms with Gasteiger partial charge in [0.2, 0.25) is 5.89 Å². The predicted octanol–water partition coefficient (Wildman–Crippen LogP) is -0.255. The average Bonchev–Trinajstić information content (AvgIpc) is 2.65. The van der Waals surface area contributed by atoms with Crippen LogP contribution in [0.2, 0.25) is 0 Å². The van der Waals surface area contributed by atoms with Crippen LogP contribution in [0.15, 0.2) is 10.9 Å². The smallest absolute Gasteiger partial charge is 0.329 e. The largest absolute Gasteiger partial charge is 0.480 e. The van der Waals surface area contributed by atoms with Gasteiger partial charge in [-0.2, -0.15) is 4.98 Å². The zero-order valence-corrected chi connectivity index (χ0v) is 8.92. The standard InChI is InChI=1S/C9H13N3O4/c1-9(15-3-8(13)14)4-12(5-9)2-7-10-6-11-16-7/h6H,2-5H2,1H3,(H,13,14). The Hall–Kier alpha value is -1.47. The summed E-state index contributed by atoms with van der Waals surface area (Å²) < 4.78 is 10.1. The van der Waals surface area contributed by atoms with Crippen LogP contribution in [-0.2, 0) is 16.1 Å². The van der Waals surface area contributed by atoms with Crippen LogP contribution in [0.5, 0.6) is 0 Å². The molecule has 0 bridgehead atoms. The van der Waals surface area contributed by atoms with E-state index in [-0.39, 0.29) is 12.2 Å². The summed E-state index contributed by atoms with van der Waals surface area (Å²) in [7, 11) is 0. The lowest BCUT2D eigenvalue weighted by Crippen LogP contribution is -2.61. The first kappa shape index (κ1) is 11.0. The summed E-state index contributed by atoms with van der Waals surface area (Å²) in [5, 5.41) is 12.0. The fraction of sp³-hybridized carbons (Fsp3) is 0.667. The predicted molar refractivity (Wildman–Crippen MR) is 51.6 cm³/mol. The number of aliphatic carboxylic acids is 1. The minimum atomic E-state index is -0.948. The van der Waals surface area contributed by atoms with E-state index < -0.39 is 5.97 Å². The lowest BCUT2D eigenvalue weighted by Gasteiger charge is -2.46. The van der Waals surface area contributed by atoms with Crippen molar-refractivity contribution >= 4 is 5.97 Å². The fourth-order valence-corrected chi connectivity index (χ4v) is 1.80. The van der Waals surface area contributed by atoms with Gasteiger partial charge in [-0.1, -0.05) is 5.16 Å². The number of hydrogen-bond acceptors (Lipinski definition) is 6. The van der Waals surface area contributed by atoms with Crippen molar-refractivity contribution in [2.45, 2.75) is 19.1 Å². The number of carboxylic acids is 1. The zero-order chi connectivity index (χ0) is 11.6. The molecule has 1 saturated heterocycles. The molecule has 0 atom stereocenters. The SMILES string of the molecule is CC1(OCC(=O)O)CN(Cc2ncno2)C1. The monoisotopic (exact) mass is 227 g/mol. The van der Waals surface area contributed by atoms with Crippen molar-refractivity contribution in [3.63, 3.8) is 0 Å². The van der Waals surface area contributed by atoms with Crippen molar-refractivity contribution in [2.24, 2.45) is 0 Å². The van der Waals surface area contributed by atoms with E-state index in [1.165, 1.54) is 6.33 Å². The van der Waals surface area contributed by atoms with Gasteiger partial charge in [0.1, 0.15) is 6.61 Å². The maximum absolute atomic E-state index is 10.4. The van der Waals surface area contributed by atoms with E-state index in [9.17, 15) is 4.79 Å². The van der Waals surface area contributed by atoms with Gasteiger partial charge < -0.3 is 14.4 Å². The van der Waals surface area contributed by atoms with Gasteiger partial charge in [0.25, 0.3) is 0 Å². The summed E-state index contributed by atoms with van der Waals surface area (Å²) in [6.45, 7) is 3.54. The van der Waals surface area contributed by atoms with Gasteiger partial charge in [-0.3, -0.25) is 4.90 Å². The van der Waals surface area contributed by atoms with Gasteiger partial charge in [0.15, 0.2) is 6.33 Å². The van der Waals surface area contributed by atoms with Crippen LogP contribution in [0, 0.1) is 0 Å². The first-order valence-electron chi connectivity index (χ1n) is 4.91. The normalized spacial score (nSPS) is 19.3. The van der Waals surface area contributed by atoms with Crippen molar-refractivity contribution in [3.05, 3.63) is 12.2 Å². The Bertz CT molecular complexity index is 359. The summed E-state index contributed by atoms with van der Waals surface area (Å²) in [4.78, 5) is 16.3. The molecule has 1 aromatic heterocycles. The van der Waals surface area contributed by atoms with Crippen molar-refractivity contribution < 1.29 is 19.2 Å². The quantitative estimate of drug-likeness (QED) is 0.741. The Morgan fingerprint density at radius 3 is 3.06 bits per heavy atom. The molecule has 1 N–H and O–H groups in total. The molecule has 0 saturated carbocycles. The molecular weight excluding hydrogens is 214 g/mol. The maximum Gasteiger partial charge on any atom is 0.329 e. The molecule has 2 rings (SSSR count). The number of likely N-dealkylation sites (tertiary alicyclic amines) is 1. The van der Waals surface area contributed by atoms with Crippen LogP contribution in [0.25, 0.3) is 0 Å². The summed E-state index contributed by atoms with van der Waals surface area (Å²) in [5.41, 5.74) is -0.377. The first-order chi connectivity index (χ1) is 7.57. The zero-order valence-electron chi connectivity index (χ0n) is 8.92. The number of carbonyl (C=O) groups is 1. The Morgan fingerprint density at radius 2 is 2.50 bits per heavy atom. The third-order valence-electron chi connectivity index (χ3n) is 2.43. The van der Waals surface area contributed by atoms with E-state index >= 15 is 0 Å². The lowest BCUT2D eigenvalue weighted by molar-refractivity contribution is -0.166.